The van der Waals surface area contributed by atoms with E-state index in [1.165, 1.54) is 0 Å². The molecule has 0 aromatic heterocycles. The van der Waals surface area contributed by atoms with Gasteiger partial charge in [-0.3, -0.25) is 4.79 Å². The van der Waals surface area contributed by atoms with Gasteiger partial charge in [0.2, 0.25) is 0 Å². The number of piperidine rings is 1. The van der Waals surface area contributed by atoms with Crippen molar-refractivity contribution in [1.82, 2.24) is 4.90 Å². The van der Waals surface area contributed by atoms with Gasteiger partial charge in [-0.15, -0.1) is 0 Å². The summed E-state index contributed by atoms with van der Waals surface area (Å²) in [5, 5.41) is 9.07. The highest BCUT2D eigenvalue weighted by Crippen LogP contribution is 2.23. The Morgan fingerprint density at radius 2 is 2.11 bits per heavy atom. The van der Waals surface area contributed by atoms with Gasteiger partial charge in [-0.1, -0.05) is 0 Å². The van der Waals surface area contributed by atoms with E-state index < -0.39 is 0 Å². The predicted octanol–water partition coefficient (Wildman–Crippen LogP) is 1.88. The fraction of sp³-hybridized carbons (Fsp3) is 0.462. The zero-order chi connectivity index (χ0) is 13.1. The molecule has 1 fully saturated rings. The number of amides is 1. The smallest absolute Gasteiger partial charge is 0.253 e. The van der Waals surface area contributed by atoms with Crippen molar-refractivity contribution in [2.45, 2.75) is 12.8 Å². The van der Waals surface area contributed by atoms with Crippen LogP contribution < -0.4 is 5.73 Å². The number of carbonyl (C=O) groups excluding carboxylic acids is 1. The second kappa shape index (κ2) is 5.71. The molecule has 5 heteroatoms. The molecule has 0 atom stereocenters. The van der Waals surface area contributed by atoms with Gasteiger partial charge < -0.3 is 15.7 Å². The van der Waals surface area contributed by atoms with E-state index in [1.807, 2.05) is 4.90 Å². The van der Waals surface area contributed by atoms with Crippen LogP contribution in [0.4, 0.5) is 5.69 Å². The lowest BCUT2D eigenvalue weighted by Gasteiger charge is -2.31. The third-order valence-corrected chi connectivity index (χ3v) is 4.13. The highest BCUT2D eigenvalue weighted by molar-refractivity contribution is 9.10. The Hall–Kier alpha value is -1.07. The molecule has 1 heterocycles. The van der Waals surface area contributed by atoms with E-state index >= 15 is 0 Å². The lowest BCUT2D eigenvalue weighted by atomic mass is 9.97. The van der Waals surface area contributed by atoms with E-state index in [1.54, 1.807) is 18.2 Å². The van der Waals surface area contributed by atoms with E-state index in [0.717, 1.165) is 17.3 Å². The molecule has 0 radical (unpaired) electrons. The van der Waals surface area contributed by atoms with Crippen LogP contribution in [-0.2, 0) is 0 Å². The number of hydrogen-bond donors (Lipinski definition) is 2. The minimum atomic E-state index is 0.0191. The van der Waals surface area contributed by atoms with Gasteiger partial charge in [0, 0.05) is 35.4 Å². The van der Waals surface area contributed by atoms with Crippen LogP contribution in [0.3, 0.4) is 0 Å². The van der Waals surface area contributed by atoms with Crippen LogP contribution in [0.15, 0.2) is 22.7 Å². The molecule has 98 valence electrons. The molecule has 1 aliphatic rings. The van der Waals surface area contributed by atoms with Gasteiger partial charge in [-0.05, 0) is 52.9 Å². The van der Waals surface area contributed by atoms with Gasteiger partial charge in [-0.2, -0.15) is 0 Å². The van der Waals surface area contributed by atoms with Gasteiger partial charge in [0.15, 0.2) is 0 Å². The summed E-state index contributed by atoms with van der Waals surface area (Å²) in [7, 11) is 0. The van der Waals surface area contributed by atoms with Crippen LogP contribution >= 0.6 is 15.9 Å². The zero-order valence-corrected chi connectivity index (χ0v) is 11.7. The Kier molecular flexibility index (Phi) is 4.24. The Bertz CT molecular complexity index is 443. The van der Waals surface area contributed by atoms with Crippen molar-refractivity contribution < 1.29 is 9.90 Å². The monoisotopic (exact) mass is 312 g/mol. The number of anilines is 1. The summed E-state index contributed by atoms with van der Waals surface area (Å²) < 4.78 is 0.804. The van der Waals surface area contributed by atoms with Gasteiger partial charge in [-0.25, -0.2) is 0 Å². The van der Waals surface area contributed by atoms with Crippen LogP contribution in [0.2, 0.25) is 0 Å². The van der Waals surface area contributed by atoms with Gasteiger partial charge in [0.05, 0.1) is 0 Å². The number of hydrogen-bond acceptors (Lipinski definition) is 3. The van der Waals surface area contributed by atoms with Crippen molar-refractivity contribution in [3.05, 3.63) is 28.2 Å². The summed E-state index contributed by atoms with van der Waals surface area (Å²) in [5.41, 5.74) is 6.98. The molecule has 0 unspecified atom stereocenters. The third-order valence-electron chi connectivity index (χ3n) is 3.40. The number of halogens is 1. The van der Waals surface area contributed by atoms with Crippen molar-refractivity contribution in [2.75, 3.05) is 25.4 Å². The van der Waals surface area contributed by atoms with Crippen molar-refractivity contribution in [3.8, 4) is 0 Å². The molecule has 1 aliphatic heterocycles. The van der Waals surface area contributed by atoms with Crippen LogP contribution in [0.5, 0.6) is 0 Å². The third kappa shape index (κ3) is 2.84. The number of aliphatic hydroxyl groups excluding tert-OH is 1. The Balaban J connectivity index is 2.05. The molecule has 0 aliphatic carbocycles. The zero-order valence-electron chi connectivity index (χ0n) is 10.1. The maximum atomic E-state index is 12.3. The molecule has 18 heavy (non-hydrogen) atoms. The summed E-state index contributed by atoms with van der Waals surface area (Å²) in [6.45, 7) is 1.63. The molecule has 0 bridgehead atoms. The fourth-order valence-corrected chi connectivity index (χ4v) is 2.42. The average molecular weight is 313 g/mol. The van der Waals surface area contributed by atoms with E-state index in [9.17, 15) is 4.79 Å². The molecule has 2 rings (SSSR count). The SMILES string of the molecule is Nc1cc(C(=O)N2CCC(CO)CC2)ccc1Br. The van der Waals surface area contributed by atoms with Crippen molar-refractivity contribution in [1.29, 1.82) is 0 Å². The Labute approximate surface area is 115 Å². The standard InChI is InChI=1S/C13H17BrN2O2/c14-11-2-1-10(7-12(11)15)13(18)16-5-3-9(8-17)4-6-16/h1-2,7,9,17H,3-6,8,15H2. The van der Waals surface area contributed by atoms with Gasteiger partial charge >= 0.3 is 0 Å². The van der Waals surface area contributed by atoms with Crippen molar-refractivity contribution in [3.63, 3.8) is 0 Å². The lowest BCUT2D eigenvalue weighted by Crippen LogP contribution is -2.39. The summed E-state index contributed by atoms with van der Waals surface area (Å²) in [5.74, 6) is 0.356. The summed E-state index contributed by atoms with van der Waals surface area (Å²) in [6.07, 6.45) is 1.74. The molecular formula is C13H17BrN2O2. The summed E-state index contributed by atoms with van der Waals surface area (Å²) in [4.78, 5) is 14.1. The Morgan fingerprint density at radius 3 is 2.67 bits per heavy atom. The molecular weight excluding hydrogens is 296 g/mol. The molecule has 0 saturated carbocycles. The second-order valence-electron chi connectivity index (χ2n) is 4.65. The van der Waals surface area contributed by atoms with Gasteiger partial charge in [0.25, 0.3) is 5.91 Å². The number of benzene rings is 1. The normalized spacial score (nSPS) is 16.9. The molecule has 3 N–H and O–H groups in total. The lowest BCUT2D eigenvalue weighted by molar-refractivity contribution is 0.0651. The first-order valence-electron chi connectivity index (χ1n) is 6.07. The van der Waals surface area contributed by atoms with E-state index in [0.29, 0.717) is 30.3 Å². The molecule has 4 nitrogen and oxygen atoms in total. The van der Waals surface area contributed by atoms with Crippen molar-refractivity contribution in [2.24, 2.45) is 5.92 Å². The quantitative estimate of drug-likeness (QED) is 0.819. The number of nitrogen functional groups attached to an aromatic ring is 1. The number of carbonyl (C=O) groups is 1. The van der Waals surface area contributed by atoms with Crippen LogP contribution in [-0.4, -0.2) is 35.6 Å². The topological polar surface area (TPSA) is 66.6 Å². The number of nitrogens with zero attached hydrogens (tertiary/aromatic N) is 1. The van der Waals surface area contributed by atoms with Crippen LogP contribution in [0.25, 0.3) is 0 Å². The van der Waals surface area contributed by atoms with Crippen LogP contribution in [0.1, 0.15) is 23.2 Å². The second-order valence-corrected chi connectivity index (χ2v) is 5.51. The fourth-order valence-electron chi connectivity index (χ4n) is 2.18. The predicted molar refractivity (Wildman–Crippen MR) is 74.3 cm³/mol. The molecule has 0 spiro atoms. The largest absolute Gasteiger partial charge is 0.398 e. The minimum Gasteiger partial charge on any atom is -0.398 e. The molecule has 1 aromatic carbocycles. The van der Waals surface area contributed by atoms with E-state index in [2.05, 4.69) is 15.9 Å². The maximum Gasteiger partial charge on any atom is 0.253 e. The van der Waals surface area contributed by atoms with Crippen molar-refractivity contribution >= 4 is 27.5 Å². The Morgan fingerprint density at radius 1 is 1.44 bits per heavy atom. The first kappa shape index (κ1) is 13.4. The average Bonchev–Trinajstić information content (AvgIpc) is 2.41. The highest BCUT2D eigenvalue weighted by atomic mass is 79.9. The summed E-state index contributed by atoms with van der Waals surface area (Å²) in [6, 6.07) is 5.27. The number of aliphatic hydroxyl groups is 1. The molecule has 1 amide bonds. The van der Waals surface area contributed by atoms with E-state index in [4.69, 9.17) is 10.8 Å². The first-order chi connectivity index (χ1) is 8.61. The number of rotatable bonds is 2. The molecule has 1 aromatic rings. The minimum absolute atomic E-state index is 0.0191. The molecule has 1 saturated heterocycles. The first-order valence-corrected chi connectivity index (χ1v) is 6.86. The number of likely N-dealkylation sites (tertiary alicyclic amines) is 1. The highest BCUT2D eigenvalue weighted by Gasteiger charge is 2.23. The van der Waals surface area contributed by atoms with E-state index in [-0.39, 0.29) is 12.5 Å². The van der Waals surface area contributed by atoms with Gasteiger partial charge in [0.1, 0.15) is 0 Å². The van der Waals surface area contributed by atoms with Crippen LogP contribution in [0, 0.1) is 5.92 Å². The maximum absolute atomic E-state index is 12.3. The number of nitrogens with two attached hydrogens (primary N) is 1. The summed E-state index contributed by atoms with van der Waals surface area (Å²) >= 11 is 3.31.